The molecular weight excluding hydrogens is 352 g/mol. The number of likely N-dealkylation sites (N-methyl/N-ethyl adjacent to an activating group) is 1. The highest BCUT2D eigenvalue weighted by Crippen LogP contribution is 2.33. The van der Waals surface area contributed by atoms with Gasteiger partial charge in [0.1, 0.15) is 0 Å². The van der Waals surface area contributed by atoms with Gasteiger partial charge in [0.2, 0.25) is 0 Å². The molecule has 1 fully saturated rings. The summed E-state index contributed by atoms with van der Waals surface area (Å²) in [6.45, 7) is 10.2. The topological polar surface area (TPSA) is 58.1 Å². The van der Waals surface area contributed by atoms with Crippen molar-refractivity contribution in [1.82, 2.24) is 15.5 Å². The van der Waals surface area contributed by atoms with Gasteiger partial charge in [-0.05, 0) is 39.3 Å². The van der Waals surface area contributed by atoms with Gasteiger partial charge in [-0.3, -0.25) is 4.99 Å². The van der Waals surface area contributed by atoms with Crippen molar-refractivity contribution in [2.75, 3.05) is 60.1 Å². The van der Waals surface area contributed by atoms with Crippen molar-refractivity contribution < 1.29 is 9.47 Å². The molecule has 1 heterocycles. The van der Waals surface area contributed by atoms with E-state index < -0.39 is 0 Å². The Morgan fingerprint density at radius 3 is 2.75 bits per heavy atom. The van der Waals surface area contributed by atoms with Crippen molar-refractivity contribution >= 4 is 5.96 Å². The molecule has 0 radical (unpaired) electrons. The van der Waals surface area contributed by atoms with Crippen LogP contribution in [0.15, 0.2) is 29.3 Å². The van der Waals surface area contributed by atoms with Crippen LogP contribution in [0.1, 0.15) is 37.0 Å². The molecular formula is C22H38N4O2. The molecule has 0 aliphatic carbocycles. The van der Waals surface area contributed by atoms with Gasteiger partial charge in [0, 0.05) is 52.4 Å². The second kappa shape index (κ2) is 12.8. The maximum atomic E-state index is 6.13. The number of ether oxygens (including phenoxy) is 2. The Morgan fingerprint density at radius 1 is 1.25 bits per heavy atom. The molecule has 0 spiro atoms. The van der Waals surface area contributed by atoms with E-state index in [1.165, 1.54) is 11.1 Å². The molecule has 0 amide bonds. The van der Waals surface area contributed by atoms with Gasteiger partial charge < -0.3 is 25.0 Å². The molecule has 0 saturated carbocycles. The predicted octanol–water partition coefficient (Wildman–Crippen LogP) is 2.60. The fraction of sp³-hybridized carbons (Fsp3) is 0.682. The molecule has 1 aromatic rings. The zero-order valence-corrected chi connectivity index (χ0v) is 18.0. The Bertz CT molecular complexity index is 576. The van der Waals surface area contributed by atoms with Crippen LogP contribution >= 0.6 is 0 Å². The first-order valence-corrected chi connectivity index (χ1v) is 10.5. The molecule has 0 aromatic heterocycles. The van der Waals surface area contributed by atoms with Gasteiger partial charge in [0.25, 0.3) is 0 Å². The molecule has 158 valence electrons. The Hall–Kier alpha value is -1.63. The summed E-state index contributed by atoms with van der Waals surface area (Å²) in [4.78, 5) is 7.11. The van der Waals surface area contributed by atoms with Crippen LogP contribution < -0.4 is 10.6 Å². The molecule has 6 nitrogen and oxygen atoms in total. The highest BCUT2D eigenvalue weighted by molar-refractivity contribution is 5.79. The number of aryl methyl sites for hydroxylation is 1. The van der Waals surface area contributed by atoms with Crippen LogP contribution in [0.3, 0.4) is 0 Å². The lowest BCUT2D eigenvalue weighted by Gasteiger charge is -2.31. The van der Waals surface area contributed by atoms with E-state index >= 15 is 0 Å². The van der Waals surface area contributed by atoms with Crippen molar-refractivity contribution in [3.63, 3.8) is 0 Å². The van der Waals surface area contributed by atoms with Crippen molar-refractivity contribution in [3.8, 4) is 0 Å². The average Bonchev–Trinajstić information content (AvgIpc) is 2.71. The van der Waals surface area contributed by atoms with Crippen LogP contribution in [-0.2, 0) is 9.47 Å². The number of guanidine groups is 1. The van der Waals surface area contributed by atoms with Gasteiger partial charge >= 0.3 is 0 Å². The summed E-state index contributed by atoms with van der Waals surface area (Å²) >= 11 is 0. The molecule has 6 heteroatoms. The van der Waals surface area contributed by atoms with Gasteiger partial charge in [-0.15, -0.1) is 0 Å². The third-order valence-corrected chi connectivity index (χ3v) is 5.14. The second-order valence-electron chi connectivity index (χ2n) is 7.55. The SMILES string of the molecule is CCNC(=NCC1CCCOC1c1ccc(C)cc1)NCCN(C)CCOC. The van der Waals surface area contributed by atoms with Crippen LogP contribution in [0.4, 0.5) is 0 Å². The third kappa shape index (κ3) is 7.78. The van der Waals surface area contributed by atoms with Crippen molar-refractivity contribution in [3.05, 3.63) is 35.4 Å². The quantitative estimate of drug-likeness (QED) is 0.475. The van der Waals surface area contributed by atoms with Crippen molar-refractivity contribution in [2.45, 2.75) is 32.8 Å². The molecule has 2 atom stereocenters. The van der Waals surface area contributed by atoms with E-state index in [0.717, 1.165) is 64.7 Å². The maximum Gasteiger partial charge on any atom is 0.191 e. The lowest BCUT2D eigenvalue weighted by molar-refractivity contribution is -0.0250. The lowest BCUT2D eigenvalue weighted by Crippen LogP contribution is -2.41. The number of hydrogen-bond acceptors (Lipinski definition) is 4. The summed E-state index contributed by atoms with van der Waals surface area (Å²) in [7, 11) is 3.84. The smallest absolute Gasteiger partial charge is 0.191 e. The van der Waals surface area contributed by atoms with Crippen LogP contribution in [0, 0.1) is 12.8 Å². The predicted molar refractivity (Wildman–Crippen MR) is 116 cm³/mol. The van der Waals surface area contributed by atoms with Crippen molar-refractivity contribution in [1.29, 1.82) is 0 Å². The second-order valence-corrected chi connectivity index (χ2v) is 7.55. The minimum absolute atomic E-state index is 0.140. The molecule has 28 heavy (non-hydrogen) atoms. The molecule has 1 saturated heterocycles. The molecule has 2 unspecified atom stereocenters. The van der Waals surface area contributed by atoms with Crippen LogP contribution in [0.5, 0.6) is 0 Å². The molecule has 2 N–H and O–H groups in total. The number of methoxy groups -OCH3 is 1. The molecule has 2 rings (SSSR count). The van der Waals surface area contributed by atoms with E-state index in [9.17, 15) is 0 Å². The molecule has 0 bridgehead atoms. The Morgan fingerprint density at radius 2 is 2.04 bits per heavy atom. The number of benzene rings is 1. The van der Waals surface area contributed by atoms with E-state index in [1.807, 2.05) is 0 Å². The van der Waals surface area contributed by atoms with Crippen LogP contribution in [0.2, 0.25) is 0 Å². The number of hydrogen-bond donors (Lipinski definition) is 2. The maximum absolute atomic E-state index is 6.13. The van der Waals surface area contributed by atoms with E-state index in [-0.39, 0.29) is 6.10 Å². The van der Waals surface area contributed by atoms with E-state index in [1.54, 1.807) is 7.11 Å². The first kappa shape index (κ1) is 22.7. The summed E-state index contributed by atoms with van der Waals surface area (Å²) in [6, 6.07) is 8.72. The van der Waals surface area contributed by atoms with Crippen molar-refractivity contribution in [2.24, 2.45) is 10.9 Å². The zero-order valence-electron chi connectivity index (χ0n) is 18.0. The highest BCUT2D eigenvalue weighted by atomic mass is 16.5. The van der Waals surface area contributed by atoms with Crippen LogP contribution in [-0.4, -0.2) is 71.0 Å². The summed E-state index contributed by atoms with van der Waals surface area (Å²) in [5, 5.41) is 6.80. The number of nitrogens with zero attached hydrogens (tertiary/aromatic N) is 2. The average molecular weight is 391 g/mol. The van der Waals surface area contributed by atoms with E-state index in [0.29, 0.717) is 5.92 Å². The van der Waals surface area contributed by atoms with E-state index in [2.05, 4.69) is 60.7 Å². The Balaban J connectivity index is 1.90. The molecule has 1 aromatic carbocycles. The summed E-state index contributed by atoms with van der Waals surface area (Å²) in [5.74, 6) is 1.30. The number of rotatable bonds is 10. The fourth-order valence-electron chi connectivity index (χ4n) is 3.43. The Labute approximate surface area is 170 Å². The lowest BCUT2D eigenvalue weighted by atomic mass is 9.89. The Kier molecular flexibility index (Phi) is 10.3. The number of nitrogens with one attached hydrogen (secondary N) is 2. The van der Waals surface area contributed by atoms with Gasteiger partial charge in [-0.1, -0.05) is 29.8 Å². The summed E-state index contributed by atoms with van der Waals surface area (Å²) < 4.78 is 11.3. The minimum atomic E-state index is 0.140. The standard InChI is InChI=1S/C22H38N4O2/c1-5-23-22(24-12-13-26(3)14-16-27-4)25-17-20-7-6-15-28-21(20)19-10-8-18(2)9-11-19/h8-11,20-21H,5-7,12-17H2,1-4H3,(H2,23,24,25). The first-order chi connectivity index (χ1) is 13.6. The highest BCUT2D eigenvalue weighted by Gasteiger charge is 2.27. The zero-order chi connectivity index (χ0) is 20.2. The van der Waals surface area contributed by atoms with Gasteiger partial charge in [-0.25, -0.2) is 0 Å². The normalized spacial score (nSPS) is 20.4. The van der Waals surface area contributed by atoms with Gasteiger partial charge in [0.15, 0.2) is 5.96 Å². The van der Waals surface area contributed by atoms with Gasteiger partial charge in [-0.2, -0.15) is 0 Å². The third-order valence-electron chi connectivity index (χ3n) is 5.14. The minimum Gasteiger partial charge on any atom is -0.383 e. The largest absolute Gasteiger partial charge is 0.383 e. The summed E-state index contributed by atoms with van der Waals surface area (Å²) in [6.07, 6.45) is 2.40. The monoisotopic (exact) mass is 390 g/mol. The molecule has 1 aliphatic heterocycles. The van der Waals surface area contributed by atoms with Crippen LogP contribution in [0.25, 0.3) is 0 Å². The summed E-state index contributed by atoms with van der Waals surface area (Å²) in [5.41, 5.74) is 2.55. The number of aliphatic imine (C=N–C) groups is 1. The molecule has 1 aliphatic rings. The first-order valence-electron chi connectivity index (χ1n) is 10.5. The van der Waals surface area contributed by atoms with E-state index in [4.69, 9.17) is 14.5 Å². The van der Waals surface area contributed by atoms with Gasteiger partial charge in [0.05, 0.1) is 12.7 Å². The fourth-order valence-corrected chi connectivity index (χ4v) is 3.43.